The van der Waals surface area contributed by atoms with Gasteiger partial charge in [0.2, 0.25) is 5.88 Å². The predicted octanol–water partition coefficient (Wildman–Crippen LogP) is 2.30. The van der Waals surface area contributed by atoms with E-state index in [9.17, 15) is 0 Å². The molecule has 1 N–H and O–H groups in total. The van der Waals surface area contributed by atoms with Gasteiger partial charge in [0, 0.05) is 6.07 Å². The van der Waals surface area contributed by atoms with Crippen molar-refractivity contribution in [2.45, 2.75) is 26.3 Å². The summed E-state index contributed by atoms with van der Waals surface area (Å²) in [6.45, 7) is 6.37. The van der Waals surface area contributed by atoms with Gasteiger partial charge in [-0.2, -0.15) is 4.98 Å². The second kappa shape index (κ2) is 4.70. The van der Waals surface area contributed by atoms with Gasteiger partial charge in [-0.3, -0.25) is 0 Å². The molecule has 0 aliphatic heterocycles. The Balaban J connectivity index is 2.79. The van der Waals surface area contributed by atoms with Gasteiger partial charge in [-0.15, -0.1) is 6.42 Å². The third kappa shape index (κ3) is 3.51. The van der Waals surface area contributed by atoms with Crippen molar-refractivity contribution >= 4 is 5.82 Å². The lowest BCUT2D eigenvalue weighted by molar-refractivity contribution is 0.327. The van der Waals surface area contributed by atoms with E-state index in [1.807, 2.05) is 39.0 Å². The van der Waals surface area contributed by atoms with Crippen molar-refractivity contribution in [3.8, 4) is 18.2 Å². The quantitative estimate of drug-likeness (QED) is 0.764. The first-order valence-electron chi connectivity index (χ1n) is 4.93. The van der Waals surface area contributed by atoms with Crippen LogP contribution in [0.25, 0.3) is 0 Å². The number of anilines is 1. The van der Waals surface area contributed by atoms with Crippen LogP contribution in [0.2, 0.25) is 0 Å². The van der Waals surface area contributed by atoms with Crippen molar-refractivity contribution in [3.05, 3.63) is 18.2 Å². The van der Waals surface area contributed by atoms with E-state index in [0.29, 0.717) is 12.5 Å². The lowest BCUT2D eigenvalue weighted by Gasteiger charge is -2.20. The van der Waals surface area contributed by atoms with Gasteiger partial charge in [-0.05, 0) is 26.8 Å². The Hall–Kier alpha value is -1.69. The SMILES string of the molecule is C#CC(C)(C)Nc1cccc(OCC)n1. The van der Waals surface area contributed by atoms with Crippen LogP contribution in [0.5, 0.6) is 5.88 Å². The van der Waals surface area contributed by atoms with Crippen LogP contribution in [0.15, 0.2) is 18.2 Å². The first-order chi connectivity index (χ1) is 7.07. The van der Waals surface area contributed by atoms with Gasteiger partial charge >= 0.3 is 0 Å². The highest BCUT2D eigenvalue weighted by atomic mass is 16.5. The van der Waals surface area contributed by atoms with Crippen LogP contribution < -0.4 is 10.1 Å². The van der Waals surface area contributed by atoms with E-state index in [4.69, 9.17) is 11.2 Å². The number of terminal acetylenes is 1. The van der Waals surface area contributed by atoms with Crippen LogP contribution in [0.4, 0.5) is 5.82 Å². The number of aromatic nitrogens is 1. The summed E-state index contributed by atoms with van der Waals surface area (Å²) in [5.74, 6) is 3.98. The summed E-state index contributed by atoms with van der Waals surface area (Å²) in [6, 6.07) is 5.56. The molecular formula is C12H16N2O. The topological polar surface area (TPSA) is 34.1 Å². The molecule has 1 heterocycles. The van der Waals surface area contributed by atoms with Crippen molar-refractivity contribution in [2.24, 2.45) is 0 Å². The number of hydrogen-bond donors (Lipinski definition) is 1. The molecule has 0 aromatic carbocycles. The standard InChI is InChI=1S/C12H16N2O/c1-5-12(3,4)14-10-8-7-9-11(13-10)15-6-2/h1,7-9H,6H2,2-4H3,(H,13,14). The zero-order valence-electron chi connectivity index (χ0n) is 9.37. The van der Waals surface area contributed by atoms with Crippen molar-refractivity contribution < 1.29 is 4.74 Å². The van der Waals surface area contributed by atoms with Crippen LogP contribution >= 0.6 is 0 Å². The molecule has 0 atom stereocenters. The average Bonchev–Trinajstić information content (AvgIpc) is 2.18. The molecule has 3 nitrogen and oxygen atoms in total. The van der Waals surface area contributed by atoms with Crippen LogP contribution in [-0.4, -0.2) is 17.1 Å². The number of rotatable bonds is 4. The Labute approximate surface area is 90.9 Å². The second-order valence-electron chi connectivity index (χ2n) is 3.69. The highest BCUT2D eigenvalue weighted by molar-refractivity contribution is 5.42. The van der Waals surface area contributed by atoms with Crippen molar-refractivity contribution in [2.75, 3.05) is 11.9 Å². The van der Waals surface area contributed by atoms with Gasteiger partial charge in [-0.1, -0.05) is 12.0 Å². The largest absolute Gasteiger partial charge is 0.478 e. The maximum absolute atomic E-state index is 5.38. The third-order valence-corrected chi connectivity index (χ3v) is 1.82. The zero-order chi connectivity index (χ0) is 11.3. The van der Waals surface area contributed by atoms with Gasteiger partial charge < -0.3 is 10.1 Å². The molecule has 0 aliphatic carbocycles. The fourth-order valence-electron chi connectivity index (χ4n) is 1.07. The lowest BCUT2D eigenvalue weighted by Crippen LogP contribution is -2.28. The number of pyridine rings is 1. The first kappa shape index (κ1) is 11.4. The monoisotopic (exact) mass is 204 g/mol. The molecule has 0 radical (unpaired) electrons. The number of nitrogens with zero attached hydrogens (tertiary/aromatic N) is 1. The molecule has 15 heavy (non-hydrogen) atoms. The summed E-state index contributed by atoms with van der Waals surface area (Å²) in [6.07, 6.45) is 5.38. The molecule has 0 aliphatic rings. The minimum absolute atomic E-state index is 0.405. The van der Waals surface area contributed by atoms with E-state index >= 15 is 0 Å². The summed E-state index contributed by atoms with van der Waals surface area (Å²) in [5, 5.41) is 3.14. The number of nitrogens with one attached hydrogen (secondary N) is 1. The van der Waals surface area contributed by atoms with Gasteiger partial charge in [0.1, 0.15) is 5.82 Å². The molecule has 0 saturated heterocycles. The van der Waals surface area contributed by atoms with Crippen LogP contribution in [0.1, 0.15) is 20.8 Å². The van der Waals surface area contributed by atoms with Crippen molar-refractivity contribution in [1.29, 1.82) is 0 Å². The zero-order valence-corrected chi connectivity index (χ0v) is 9.37. The molecule has 3 heteroatoms. The highest BCUT2D eigenvalue weighted by Crippen LogP contribution is 2.15. The Morgan fingerprint density at radius 1 is 1.53 bits per heavy atom. The number of hydrogen-bond acceptors (Lipinski definition) is 3. The van der Waals surface area contributed by atoms with E-state index < -0.39 is 5.54 Å². The predicted molar refractivity (Wildman–Crippen MR) is 61.9 cm³/mol. The lowest BCUT2D eigenvalue weighted by atomic mass is 10.1. The first-order valence-corrected chi connectivity index (χ1v) is 4.93. The van der Waals surface area contributed by atoms with E-state index in [-0.39, 0.29) is 0 Å². The normalized spacial score (nSPS) is 10.5. The van der Waals surface area contributed by atoms with Gasteiger partial charge in [0.25, 0.3) is 0 Å². The molecule has 0 unspecified atom stereocenters. The minimum atomic E-state index is -0.405. The molecule has 1 rings (SSSR count). The average molecular weight is 204 g/mol. The third-order valence-electron chi connectivity index (χ3n) is 1.82. The number of ether oxygens (including phenoxy) is 1. The minimum Gasteiger partial charge on any atom is -0.478 e. The van der Waals surface area contributed by atoms with Crippen LogP contribution in [0.3, 0.4) is 0 Å². The summed E-state index contributed by atoms with van der Waals surface area (Å²) < 4.78 is 5.29. The molecule has 1 aromatic heterocycles. The fraction of sp³-hybridized carbons (Fsp3) is 0.417. The van der Waals surface area contributed by atoms with E-state index in [1.54, 1.807) is 0 Å². The Morgan fingerprint density at radius 2 is 2.27 bits per heavy atom. The smallest absolute Gasteiger partial charge is 0.215 e. The van der Waals surface area contributed by atoms with Gasteiger partial charge in [-0.25, -0.2) is 0 Å². The van der Waals surface area contributed by atoms with Crippen molar-refractivity contribution in [3.63, 3.8) is 0 Å². The second-order valence-corrected chi connectivity index (χ2v) is 3.69. The Morgan fingerprint density at radius 3 is 2.87 bits per heavy atom. The van der Waals surface area contributed by atoms with Gasteiger partial charge in [0.05, 0.1) is 12.1 Å². The molecule has 0 bridgehead atoms. The Bertz CT molecular complexity index is 366. The molecule has 1 aromatic rings. The molecule has 0 fully saturated rings. The molecule has 0 saturated carbocycles. The van der Waals surface area contributed by atoms with Crippen LogP contribution in [0, 0.1) is 12.3 Å². The van der Waals surface area contributed by atoms with E-state index in [1.165, 1.54) is 0 Å². The van der Waals surface area contributed by atoms with Crippen molar-refractivity contribution in [1.82, 2.24) is 4.98 Å². The maximum atomic E-state index is 5.38. The Kier molecular flexibility index (Phi) is 3.56. The fourth-order valence-corrected chi connectivity index (χ4v) is 1.07. The summed E-state index contributed by atoms with van der Waals surface area (Å²) in [5.41, 5.74) is -0.405. The van der Waals surface area contributed by atoms with Gasteiger partial charge in [0.15, 0.2) is 0 Å². The summed E-state index contributed by atoms with van der Waals surface area (Å²) in [4.78, 5) is 4.27. The molecular weight excluding hydrogens is 188 g/mol. The molecule has 0 spiro atoms. The van der Waals surface area contributed by atoms with Crippen LogP contribution in [-0.2, 0) is 0 Å². The summed E-state index contributed by atoms with van der Waals surface area (Å²) >= 11 is 0. The maximum Gasteiger partial charge on any atom is 0.215 e. The van der Waals surface area contributed by atoms with E-state index in [2.05, 4.69) is 16.2 Å². The van der Waals surface area contributed by atoms with E-state index in [0.717, 1.165) is 5.82 Å². The molecule has 80 valence electrons. The summed E-state index contributed by atoms with van der Waals surface area (Å²) in [7, 11) is 0. The molecule has 0 amide bonds. The highest BCUT2D eigenvalue weighted by Gasteiger charge is 2.13.